The molecule has 0 spiro atoms. The van der Waals surface area contributed by atoms with Crippen LogP contribution in [0.15, 0.2) is 35.8 Å². The Morgan fingerprint density at radius 2 is 2.10 bits per heavy atom. The van der Waals surface area contributed by atoms with E-state index in [1.54, 1.807) is 6.20 Å². The van der Waals surface area contributed by atoms with Crippen LogP contribution in [-0.2, 0) is 9.59 Å². The zero-order valence-electron chi connectivity index (χ0n) is 17.5. The van der Waals surface area contributed by atoms with Crippen molar-refractivity contribution in [3.63, 3.8) is 0 Å². The molecule has 2 heterocycles. The molecule has 1 atom stereocenters. The molecular formula is C23H30N4O2S. The van der Waals surface area contributed by atoms with Crippen molar-refractivity contribution in [3.8, 4) is 0 Å². The highest BCUT2D eigenvalue weighted by molar-refractivity contribution is 7.13. The monoisotopic (exact) mass is 426 g/mol. The summed E-state index contributed by atoms with van der Waals surface area (Å²) in [5, 5.41) is 5.38. The molecule has 1 N–H and O–H groups in total. The molecule has 7 heteroatoms. The predicted octanol–water partition coefficient (Wildman–Crippen LogP) is 4.08. The van der Waals surface area contributed by atoms with E-state index in [-0.39, 0.29) is 11.8 Å². The summed E-state index contributed by atoms with van der Waals surface area (Å²) < 4.78 is 0. The fourth-order valence-electron chi connectivity index (χ4n) is 4.65. The first-order valence-corrected chi connectivity index (χ1v) is 11.8. The Labute approximate surface area is 182 Å². The van der Waals surface area contributed by atoms with Gasteiger partial charge in [0.25, 0.3) is 0 Å². The van der Waals surface area contributed by atoms with Crippen LogP contribution in [0.1, 0.15) is 44.1 Å². The van der Waals surface area contributed by atoms with Gasteiger partial charge < -0.3 is 15.1 Å². The number of piperazine rings is 1. The van der Waals surface area contributed by atoms with E-state index in [1.165, 1.54) is 36.2 Å². The molecule has 2 amide bonds. The molecule has 1 aliphatic heterocycles. The number of thiazole rings is 1. The van der Waals surface area contributed by atoms with Crippen molar-refractivity contribution >= 4 is 34.0 Å². The maximum Gasteiger partial charge on any atom is 0.248 e. The van der Waals surface area contributed by atoms with Crippen LogP contribution >= 0.6 is 11.3 Å². The minimum Gasteiger partial charge on any atom is -0.360 e. The Bertz CT molecular complexity index is 864. The summed E-state index contributed by atoms with van der Waals surface area (Å²) in [5.41, 5.74) is 2.25. The summed E-state index contributed by atoms with van der Waals surface area (Å²) >= 11 is 1.41. The van der Waals surface area contributed by atoms with E-state index in [9.17, 15) is 9.59 Å². The van der Waals surface area contributed by atoms with Crippen molar-refractivity contribution in [2.45, 2.75) is 51.5 Å². The molecule has 1 aliphatic carbocycles. The van der Waals surface area contributed by atoms with Gasteiger partial charge in [0.1, 0.15) is 6.04 Å². The van der Waals surface area contributed by atoms with Crippen molar-refractivity contribution in [2.24, 2.45) is 5.92 Å². The van der Waals surface area contributed by atoms with Gasteiger partial charge in [-0.3, -0.25) is 9.59 Å². The fraction of sp³-hybridized carbons (Fsp3) is 0.522. The van der Waals surface area contributed by atoms with Gasteiger partial charge in [0.05, 0.1) is 6.54 Å². The van der Waals surface area contributed by atoms with Crippen molar-refractivity contribution < 1.29 is 9.59 Å². The van der Waals surface area contributed by atoms with Crippen LogP contribution < -0.4 is 10.2 Å². The molecule has 0 radical (unpaired) electrons. The van der Waals surface area contributed by atoms with Gasteiger partial charge in [-0.05, 0) is 37.0 Å². The van der Waals surface area contributed by atoms with Crippen molar-refractivity contribution in [2.75, 3.05) is 29.9 Å². The maximum atomic E-state index is 13.2. The molecule has 1 aromatic carbocycles. The van der Waals surface area contributed by atoms with E-state index in [4.69, 9.17) is 0 Å². The van der Waals surface area contributed by atoms with Crippen molar-refractivity contribution in [1.29, 1.82) is 0 Å². The number of anilines is 2. The number of nitrogens with zero attached hydrogens (tertiary/aromatic N) is 3. The molecule has 1 saturated carbocycles. The molecule has 2 aromatic rings. The van der Waals surface area contributed by atoms with E-state index in [0.717, 1.165) is 31.5 Å². The summed E-state index contributed by atoms with van der Waals surface area (Å²) in [4.78, 5) is 34.4. The first-order chi connectivity index (χ1) is 14.6. The lowest BCUT2D eigenvalue weighted by atomic mass is 9.84. The van der Waals surface area contributed by atoms with Gasteiger partial charge in [-0.15, -0.1) is 11.3 Å². The Hall–Kier alpha value is -2.41. The summed E-state index contributed by atoms with van der Waals surface area (Å²) in [6.45, 7) is 3.68. The molecule has 30 heavy (non-hydrogen) atoms. The highest BCUT2D eigenvalue weighted by atomic mass is 32.1. The number of aromatic nitrogens is 1. The van der Waals surface area contributed by atoms with E-state index in [0.29, 0.717) is 24.1 Å². The lowest BCUT2D eigenvalue weighted by molar-refractivity contribution is -0.139. The highest BCUT2D eigenvalue weighted by Gasteiger charge is 2.36. The quantitative estimate of drug-likeness (QED) is 0.756. The highest BCUT2D eigenvalue weighted by Crippen LogP contribution is 2.30. The SMILES string of the molecule is Cc1cccc(N2CCN([C@@H](CC3CCCCC3)C(=O)Nc3nccs3)C(=O)C2)c1. The van der Waals surface area contributed by atoms with Gasteiger partial charge in [-0.1, -0.05) is 44.2 Å². The second-order valence-electron chi connectivity index (χ2n) is 8.43. The van der Waals surface area contributed by atoms with Crippen molar-refractivity contribution in [1.82, 2.24) is 9.88 Å². The maximum absolute atomic E-state index is 13.2. The van der Waals surface area contributed by atoms with Gasteiger partial charge in [-0.2, -0.15) is 0 Å². The van der Waals surface area contributed by atoms with Crippen LogP contribution in [0.25, 0.3) is 0 Å². The Morgan fingerprint density at radius 3 is 2.80 bits per heavy atom. The lowest BCUT2D eigenvalue weighted by Gasteiger charge is -2.40. The topological polar surface area (TPSA) is 65.5 Å². The Kier molecular flexibility index (Phi) is 6.67. The number of aryl methyl sites for hydroxylation is 1. The second-order valence-corrected chi connectivity index (χ2v) is 9.32. The van der Waals surface area contributed by atoms with Gasteiger partial charge in [-0.25, -0.2) is 4.98 Å². The van der Waals surface area contributed by atoms with E-state index in [2.05, 4.69) is 34.3 Å². The lowest BCUT2D eigenvalue weighted by Crippen LogP contribution is -2.57. The van der Waals surface area contributed by atoms with Crippen LogP contribution in [0.4, 0.5) is 10.8 Å². The zero-order valence-corrected chi connectivity index (χ0v) is 18.4. The largest absolute Gasteiger partial charge is 0.360 e. The fourth-order valence-corrected chi connectivity index (χ4v) is 5.18. The van der Waals surface area contributed by atoms with Crippen LogP contribution in [-0.4, -0.2) is 47.4 Å². The number of rotatable bonds is 6. The summed E-state index contributed by atoms with van der Waals surface area (Å²) in [5.74, 6) is 0.430. The number of hydrogen-bond acceptors (Lipinski definition) is 5. The second kappa shape index (κ2) is 9.60. The average molecular weight is 427 g/mol. The third-order valence-corrected chi connectivity index (χ3v) is 6.94. The average Bonchev–Trinajstić information content (AvgIpc) is 3.26. The van der Waals surface area contributed by atoms with Gasteiger partial charge in [0.15, 0.2) is 5.13 Å². The zero-order chi connectivity index (χ0) is 20.9. The van der Waals surface area contributed by atoms with Crippen LogP contribution in [0.5, 0.6) is 0 Å². The minimum atomic E-state index is -0.427. The third-order valence-electron chi connectivity index (χ3n) is 6.25. The molecule has 0 bridgehead atoms. The molecule has 4 rings (SSSR count). The smallest absolute Gasteiger partial charge is 0.248 e. The normalized spacial score (nSPS) is 19.0. The van der Waals surface area contributed by atoms with Crippen molar-refractivity contribution in [3.05, 3.63) is 41.4 Å². The molecular weight excluding hydrogens is 396 g/mol. The molecule has 1 saturated heterocycles. The minimum absolute atomic E-state index is 0.0258. The summed E-state index contributed by atoms with van der Waals surface area (Å²) in [6, 6.07) is 7.81. The molecule has 2 aliphatic rings. The number of carbonyl (C=O) groups is 2. The number of carbonyl (C=O) groups excluding carboxylic acids is 2. The van der Waals surface area contributed by atoms with E-state index >= 15 is 0 Å². The van der Waals surface area contributed by atoms with E-state index in [1.807, 2.05) is 22.4 Å². The standard InChI is InChI=1S/C23H30N4O2S/c1-17-6-5-9-19(14-17)26-11-12-27(21(28)16-26)20(15-18-7-3-2-4-8-18)22(29)25-23-24-10-13-30-23/h5-6,9-10,13-14,18,20H,2-4,7-8,11-12,15-16H2,1H3,(H,24,25,29)/t20-/m0/s1. The Balaban J connectivity index is 1.48. The third kappa shape index (κ3) is 5.01. The summed E-state index contributed by atoms with van der Waals surface area (Å²) in [6.07, 6.45) is 8.45. The first kappa shape index (κ1) is 20.8. The van der Waals surface area contributed by atoms with Crippen LogP contribution in [0.3, 0.4) is 0 Å². The molecule has 0 unspecified atom stereocenters. The summed E-state index contributed by atoms with van der Waals surface area (Å²) in [7, 11) is 0. The van der Waals surface area contributed by atoms with Gasteiger partial charge >= 0.3 is 0 Å². The van der Waals surface area contributed by atoms with Crippen LogP contribution in [0, 0.1) is 12.8 Å². The van der Waals surface area contributed by atoms with E-state index < -0.39 is 6.04 Å². The first-order valence-electron chi connectivity index (χ1n) is 10.9. The van der Waals surface area contributed by atoms with Crippen LogP contribution in [0.2, 0.25) is 0 Å². The Morgan fingerprint density at radius 1 is 1.27 bits per heavy atom. The van der Waals surface area contributed by atoms with Gasteiger partial charge in [0, 0.05) is 30.4 Å². The molecule has 160 valence electrons. The molecule has 6 nitrogen and oxygen atoms in total. The molecule has 1 aromatic heterocycles. The molecule has 2 fully saturated rings. The number of hydrogen-bond donors (Lipinski definition) is 1. The van der Waals surface area contributed by atoms with Gasteiger partial charge in [0.2, 0.25) is 11.8 Å². The predicted molar refractivity (Wildman–Crippen MR) is 121 cm³/mol. The number of benzene rings is 1. The number of nitrogens with one attached hydrogen (secondary N) is 1. The number of amides is 2.